The number of halogens is 3. The second-order valence-corrected chi connectivity index (χ2v) is 7.49. The second-order valence-electron chi connectivity index (χ2n) is 7.49. The zero-order valence-corrected chi connectivity index (χ0v) is 18.4. The van der Waals surface area contributed by atoms with Crippen molar-refractivity contribution >= 4 is 22.6 Å². The van der Waals surface area contributed by atoms with E-state index in [1.165, 1.54) is 48.8 Å². The van der Waals surface area contributed by atoms with E-state index in [4.69, 9.17) is 9.84 Å². The molecule has 3 N–H and O–H groups in total. The average Bonchev–Trinajstić information content (AvgIpc) is 2.86. The number of aromatic nitrogens is 3. The number of anilines is 1. The lowest BCUT2D eigenvalue weighted by Gasteiger charge is -2.12. The second kappa shape index (κ2) is 10.5. The molecule has 0 aliphatic carbocycles. The van der Waals surface area contributed by atoms with E-state index in [1.807, 2.05) is 0 Å². The minimum absolute atomic E-state index is 0.0291. The van der Waals surface area contributed by atoms with E-state index in [0.29, 0.717) is 22.0 Å². The van der Waals surface area contributed by atoms with Crippen molar-refractivity contribution in [2.75, 3.05) is 18.5 Å². The van der Waals surface area contributed by atoms with E-state index >= 15 is 0 Å². The number of rotatable bonds is 8. The summed E-state index contributed by atoms with van der Waals surface area (Å²) in [6.45, 7) is -0.652. The van der Waals surface area contributed by atoms with Gasteiger partial charge in [-0.05, 0) is 35.9 Å². The summed E-state index contributed by atoms with van der Waals surface area (Å²) in [6.07, 6.45) is -2.95. The molecular formula is C24H19F3N4O5. The third kappa shape index (κ3) is 6.23. The number of carbonyl (C=O) groups excluding carboxylic acids is 1. The third-order valence-electron chi connectivity index (χ3n) is 4.81. The van der Waals surface area contributed by atoms with Gasteiger partial charge in [-0.2, -0.15) is 4.98 Å². The number of aliphatic hydroxyl groups is 2. The van der Waals surface area contributed by atoms with Crippen molar-refractivity contribution in [2.24, 2.45) is 0 Å². The topological polar surface area (TPSA) is 127 Å². The van der Waals surface area contributed by atoms with Crippen molar-refractivity contribution in [3.8, 4) is 22.8 Å². The molecule has 0 bridgehead atoms. The van der Waals surface area contributed by atoms with Gasteiger partial charge in [-0.1, -0.05) is 18.2 Å². The molecular weight excluding hydrogens is 481 g/mol. The molecule has 0 aliphatic heterocycles. The SMILES string of the molecule is O=C(Nc1cccc(OC[C@@H](O)CO)n1)c1ccc2cncc(-c3cccc(OC(F)(F)F)c3)c2n1. The number of benzene rings is 1. The van der Waals surface area contributed by atoms with Crippen LogP contribution in [-0.2, 0) is 0 Å². The summed E-state index contributed by atoms with van der Waals surface area (Å²) >= 11 is 0. The third-order valence-corrected chi connectivity index (χ3v) is 4.81. The molecule has 0 saturated carbocycles. The molecule has 12 heteroatoms. The summed E-state index contributed by atoms with van der Waals surface area (Å²) in [7, 11) is 0. The number of nitrogens with one attached hydrogen (secondary N) is 1. The molecule has 4 rings (SSSR count). The zero-order chi connectivity index (χ0) is 25.7. The Bertz CT molecular complexity index is 1380. The number of alkyl halides is 3. The Hall–Kier alpha value is -4.29. The highest BCUT2D eigenvalue weighted by Gasteiger charge is 2.31. The van der Waals surface area contributed by atoms with Gasteiger partial charge in [0.05, 0.1) is 12.1 Å². The maximum Gasteiger partial charge on any atom is 0.573 e. The molecule has 3 heterocycles. The van der Waals surface area contributed by atoms with E-state index in [-0.39, 0.29) is 24.0 Å². The quantitative estimate of drug-likeness (QED) is 0.335. The van der Waals surface area contributed by atoms with Crippen LogP contribution >= 0.6 is 0 Å². The fraction of sp³-hybridized carbons (Fsp3) is 0.167. The number of pyridine rings is 3. The summed E-state index contributed by atoms with van der Waals surface area (Å²) in [5.74, 6) is -0.703. The van der Waals surface area contributed by atoms with Crippen molar-refractivity contribution in [1.29, 1.82) is 0 Å². The Labute approximate surface area is 202 Å². The first-order chi connectivity index (χ1) is 17.2. The maximum absolute atomic E-state index is 12.9. The Morgan fingerprint density at radius 2 is 1.86 bits per heavy atom. The summed E-state index contributed by atoms with van der Waals surface area (Å²) < 4.78 is 47.2. The molecule has 186 valence electrons. The molecule has 36 heavy (non-hydrogen) atoms. The lowest BCUT2D eigenvalue weighted by Crippen LogP contribution is -2.21. The van der Waals surface area contributed by atoms with E-state index in [0.717, 1.165) is 0 Å². The Morgan fingerprint density at radius 3 is 2.64 bits per heavy atom. The van der Waals surface area contributed by atoms with Crippen LogP contribution in [0.4, 0.5) is 19.0 Å². The van der Waals surface area contributed by atoms with Gasteiger partial charge in [-0.15, -0.1) is 13.2 Å². The van der Waals surface area contributed by atoms with Gasteiger partial charge in [0.1, 0.15) is 30.0 Å². The molecule has 0 fully saturated rings. The highest BCUT2D eigenvalue weighted by Crippen LogP contribution is 2.31. The van der Waals surface area contributed by atoms with E-state index in [1.54, 1.807) is 18.2 Å². The van der Waals surface area contributed by atoms with Crippen LogP contribution in [0, 0.1) is 0 Å². The molecule has 4 aromatic rings. The van der Waals surface area contributed by atoms with Crippen LogP contribution in [0.2, 0.25) is 0 Å². The van der Waals surface area contributed by atoms with Crippen LogP contribution in [0.1, 0.15) is 10.5 Å². The number of amides is 1. The van der Waals surface area contributed by atoms with Gasteiger partial charge in [-0.3, -0.25) is 9.78 Å². The number of hydrogen-bond acceptors (Lipinski definition) is 8. The highest BCUT2D eigenvalue weighted by atomic mass is 19.4. The molecule has 9 nitrogen and oxygen atoms in total. The molecule has 1 amide bonds. The molecule has 1 aromatic carbocycles. The van der Waals surface area contributed by atoms with E-state index in [9.17, 15) is 23.1 Å². The monoisotopic (exact) mass is 500 g/mol. The smallest absolute Gasteiger partial charge is 0.475 e. The van der Waals surface area contributed by atoms with Crippen molar-refractivity contribution in [3.05, 3.63) is 72.7 Å². The van der Waals surface area contributed by atoms with E-state index in [2.05, 4.69) is 25.0 Å². The molecule has 3 aromatic heterocycles. The number of carbonyl (C=O) groups is 1. The van der Waals surface area contributed by atoms with Gasteiger partial charge in [0.25, 0.3) is 5.91 Å². The fourth-order valence-corrected chi connectivity index (χ4v) is 3.22. The molecule has 0 aliphatic rings. The first-order valence-electron chi connectivity index (χ1n) is 10.5. The van der Waals surface area contributed by atoms with Gasteiger partial charge in [0, 0.05) is 29.4 Å². The average molecular weight is 500 g/mol. The number of hydrogen-bond donors (Lipinski definition) is 3. The number of ether oxygens (including phenoxy) is 2. The van der Waals surface area contributed by atoms with Gasteiger partial charge in [0.2, 0.25) is 5.88 Å². The number of fused-ring (bicyclic) bond motifs is 1. The lowest BCUT2D eigenvalue weighted by atomic mass is 10.0. The van der Waals surface area contributed by atoms with Crippen molar-refractivity contribution in [3.63, 3.8) is 0 Å². The summed E-state index contributed by atoms with van der Waals surface area (Å²) in [5.41, 5.74) is 1.16. The maximum atomic E-state index is 12.9. The van der Waals surface area contributed by atoms with Crippen molar-refractivity contribution in [1.82, 2.24) is 15.0 Å². The van der Waals surface area contributed by atoms with Crippen LogP contribution in [-0.4, -0.2) is 56.8 Å². The van der Waals surface area contributed by atoms with Gasteiger partial charge < -0.3 is 25.0 Å². The Kier molecular flexibility index (Phi) is 7.27. The fourth-order valence-electron chi connectivity index (χ4n) is 3.22. The predicted octanol–water partition coefficient (Wildman–Crippen LogP) is 3.57. The summed E-state index contributed by atoms with van der Waals surface area (Å²) in [5, 5.41) is 21.4. The Balaban J connectivity index is 1.59. The van der Waals surface area contributed by atoms with Crippen LogP contribution in [0.25, 0.3) is 22.0 Å². The summed E-state index contributed by atoms with van der Waals surface area (Å²) in [4.78, 5) is 25.5. The van der Waals surface area contributed by atoms with Gasteiger partial charge in [-0.25, -0.2) is 4.98 Å². The minimum Gasteiger partial charge on any atom is -0.475 e. The predicted molar refractivity (Wildman–Crippen MR) is 122 cm³/mol. The Morgan fingerprint density at radius 1 is 1.06 bits per heavy atom. The van der Waals surface area contributed by atoms with Crippen LogP contribution in [0.15, 0.2) is 67.0 Å². The minimum atomic E-state index is -4.84. The molecule has 0 unspecified atom stereocenters. The van der Waals surface area contributed by atoms with E-state index < -0.39 is 30.7 Å². The van der Waals surface area contributed by atoms with Crippen molar-refractivity contribution in [2.45, 2.75) is 12.5 Å². The first kappa shape index (κ1) is 24.8. The highest BCUT2D eigenvalue weighted by molar-refractivity contribution is 6.04. The number of nitrogens with zero attached hydrogens (tertiary/aromatic N) is 3. The summed E-state index contributed by atoms with van der Waals surface area (Å²) in [6, 6.07) is 13.1. The van der Waals surface area contributed by atoms with Crippen LogP contribution < -0.4 is 14.8 Å². The zero-order valence-electron chi connectivity index (χ0n) is 18.4. The first-order valence-corrected chi connectivity index (χ1v) is 10.5. The molecule has 1 atom stereocenters. The molecule has 0 spiro atoms. The molecule has 0 radical (unpaired) electrons. The van der Waals surface area contributed by atoms with Crippen molar-refractivity contribution < 1.29 is 37.7 Å². The van der Waals surface area contributed by atoms with Crippen LogP contribution in [0.5, 0.6) is 11.6 Å². The van der Waals surface area contributed by atoms with Gasteiger partial charge in [0.15, 0.2) is 0 Å². The molecule has 0 saturated heterocycles. The van der Waals surface area contributed by atoms with Gasteiger partial charge >= 0.3 is 6.36 Å². The largest absolute Gasteiger partial charge is 0.573 e. The number of aliphatic hydroxyl groups excluding tert-OH is 2. The lowest BCUT2D eigenvalue weighted by molar-refractivity contribution is -0.274. The standard InChI is InChI=1S/C24H19F3N4O5/c25-24(26,27)36-17-4-1-3-14(9-17)18-11-28-10-15-7-8-19(29-22(15)18)23(34)31-20-5-2-6-21(30-20)35-13-16(33)12-32/h1-11,16,32-33H,12-13H2,(H,30,31,34)/t16-/m0/s1. The van der Waals surface area contributed by atoms with Crippen LogP contribution in [0.3, 0.4) is 0 Å². The normalized spacial score (nSPS) is 12.2.